The Kier molecular flexibility index (Phi) is 7.41. The van der Waals surface area contributed by atoms with Crippen molar-refractivity contribution in [2.45, 2.75) is 38.4 Å². The highest BCUT2D eigenvalue weighted by molar-refractivity contribution is 5.85. The maximum atomic E-state index is 12.5. The summed E-state index contributed by atoms with van der Waals surface area (Å²) in [5.74, 6) is -2.57. The number of alkyl halides is 3. The smallest absolute Gasteiger partial charge is 0.416 e. The van der Waals surface area contributed by atoms with Crippen LogP contribution in [0.1, 0.15) is 30.9 Å². The zero-order chi connectivity index (χ0) is 19.0. The third-order valence-electron chi connectivity index (χ3n) is 3.22. The van der Waals surface area contributed by atoms with Crippen molar-refractivity contribution >= 4 is 17.8 Å². The number of carboxylic acids is 1. The molecule has 0 fully saturated rings. The topological polar surface area (TPSA) is 92.7 Å². The standard InChI is InChI=1S/C16H18F3NO5/c1-2-25-14(22)8-7-13(21)20-12(15(23)24)9-10-3-5-11(6-4-10)16(17,18)19/h3-6,12H,2,7-9H2,1H3,(H,20,21)(H,23,24)/t12-/m0/s1. The van der Waals surface area contributed by atoms with E-state index < -0.39 is 35.6 Å². The number of carboxylic acid groups (broad SMARTS) is 1. The number of hydrogen-bond acceptors (Lipinski definition) is 4. The summed E-state index contributed by atoms with van der Waals surface area (Å²) < 4.78 is 42.1. The van der Waals surface area contributed by atoms with Gasteiger partial charge in [-0.1, -0.05) is 12.1 Å². The van der Waals surface area contributed by atoms with Crippen molar-refractivity contribution in [2.75, 3.05) is 6.61 Å². The quantitative estimate of drug-likeness (QED) is 0.692. The normalized spacial score (nSPS) is 12.3. The van der Waals surface area contributed by atoms with Crippen molar-refractivity contribution in [1.29, 1.82) is 0 Å². The molecule has 2 N–H and O–H groups in total. The van der Waals surface area contributed by atoms with Crippen LogP contribution in [-0.2, 0) is 31.7 Å². The summed E-state index contributed by atoms with van der Waals surface area (Å²) in [5.41, 5.74) is -0.521. The molecule has 0 radical (unpaired) electrons. The molecule has 0 bridgehead atoms. The van der Waals surface area contributed by atoms with Crippen molar-refractivity contribution in [3.63, 3.8) is 0 Å². The van der Waals surface area contributed by atoms with Crippen molar-refractivity contribution in [1.82, 2.24) is 5.32 Å². The van der Waals surface area contributed by atoms with Crippen LogP contribution in [0.4, 0.5) is 13.2 Å². The predicted octanol–water partition coefficient (Wildman–Crippen LogP) is 2.16. The van der Waals surface area contributed by atoms with E-state index in [1.807, 2.05) is 0 Å². The van der Waals surface area contributed by atoms with E-state index >= 15 is 0 Å². The van der Waals surface area contributed by atoms with E-state index in [4.69, 9.17) is 5.11 Å². The minimum Gasteiger partial charge on any atom is -0.480 e. The first-order valence-corrected chi connectivity index (χ1v) is 7.47. The van der Waals surface area contributed by atoms with Gasteiger partial charge in [0.15, 0.2) is 0 Å². The first kappa shape index (κ1) is 20.5. The minimum atomic E-state index is -4.48. The van der Waals surface area contributed by atoms with Crippen molar-refractivity contribution in [2.24, 2.45) is 0 Å². The Hall–Kier alpha value is -2.58. The molecule has 1 aromatic rings. The predicted molar refractivity (Wildman–Crippen MR) is 80.6 cm³/mol. The van der Waals surface area contributed by atoms with Crippen molar-refractivity contribution < 1.29 is 37.4 Å². The molecule has 1 amide bonds. The van der Waals surface area contributed by atoms with Gasteiger partial charge in [-0.05, 0) is 24.6 Å². The summed E-state index contributed by atoms with van der Waals surface area (Å²) in [6.07, 6.45) is -5.09. The molecule has 0 unspecified atom stereocenters. The second kappa shape index (κ2) is 9.05. The minimum absolute atomic E-state index is 0.173. The molecule has 0 saturated carbocycles. The van der Waals surface area contributed by atoms with Gasteiger partial charge in [0.05, 0.1) is 18.6 Å². The average Bonchev–Trinajstić information content (AvgIpc) is 2.52. The number of carbonyl (C=O) groups is 3. The summed E-state index contributed by atoms with van der Waals surface area (Å²) >= 11 is 0. The molecule has 6 nitrogen and oxygen atoms in total. The van der Waals surface area contributed by atoms with Crippen LogP contribution in [0.5, 0.6) is 0 Å². The van der Waals surface area contributed by atoms with Gasteiger partial charge in [0, 0.05) is 12.8 Å². The Morgan fingerprint density at radius 1 is 1.16 bits per heavy atom. The van der Waals surface area contributed by atoms with Gasteiger partial charge in [0.25, 0.3) is 0 Å². The summed E-state index contributed by atoms with van der Waals surface area (Å²) in [4.78, 5) is 34.1. The first-order valence-electron chi connectivity index (χ1n) is 7.47. The summed E-state index contributed by atoms with van der Waals surface area (Å²) in [7, 11) is 0. The summed E-state index contributed by atoms with van der Waals surface area (Å²) in [6.45, 7) is 1.79. The molecule has 0 heterocycles. The van der Waals surface area contributed by atoms with Gasteiger partial charge in [-0.15, -0.1) is 0 Å². The highest BCUT2D eigenvalue weighted by Crippen LogP contribution is 2.29. The number of benzene rings is 1. The highest BCUT2D eigenvalue weighted by atomic mass is 19.4. The Morgan fingerprint density at radius 3 is 2.24 bits per heavy atom. The molecular formula is C16H18F3NO5. The van der Waals surface area contributed by atoms with Crippen LogP contribution in [0.2, 0.25) is 0 Å². The highest BCUT2D eigenvalue weighted by Gasteiger charge is 2.30. The third-order valence-corrected chi connectivity index (χ3v) is 3.22. The number of amides is 1. The number of ether oxygens (including phenoxy) is 1. The van der Waals surface area contributed by atoms with Crippen LogP contribution in [0.15, 0.2) is 24.3 Å². The Labute approximate surface area is 142 Å². The van der Waals surface area contributed by atoms with E-state index in [-0.39, 0.29) is 25.9 Å². The number of halogens is 3. The number of aliphatic carboxylic acids is 1. The van der Waals surface area contributed by atoms with E-state index in [0.717, 1.165) is 24.3 Å². The van der Waals surface area contributed by atoms with Crippen molar-refractivity contribution in [3.05, 3.63) is 35.4 Å². The lowest BCUT2D eigenvalue weighted by atomic mass is 10.0. The van der Waals surface area contributed by atoms with E-state index in [2.05, 4.69) is 10.1 Å². The second-order valence-electron chi connectivity index (χ2n) is 5.16. The third kappa shape index (κ3) is 7.23. The lowest BCUT2D eigenvalue weighted by Crippen LogP contribution is -2.42. The molecule has 0 spiro atoms. The Morgan fingerprint density at radius 2 is 1.76 bits per heavy atom. The molecule has 25 heavy (non-hydrogen) atoms. The van der Waals surface area contributed by atoms with Gasteiger partial charge in [-0.2, -0.15) is 13.2 Å². The molecule has 0 aromatic heterocycles. The van der Waals surface area contributed by atoms with Crippen LogP contribution < -0.4 is 5.32 Å². The fraction of sp³-hybridized carbons (Fsp3) is 0.438. The number of nitrogens with one attached hydrogen (secondary N) is 1. The van der Waals surface area contributed by atoms with Crippen LogP contribution >= 0.6 is 0 Å². The average molecular weight is 361 g/mol. The largest absolute Gasteiger partial charge is 0.480 e. The molecule has 138 valence electrons. The monoisotopic (exact) mass is 361 g/mol. The summed E-state index contributed by atoms with van der Waals surface area (Å²) in [5, 5.41) is 11.4. The first-order chi connectivity index (χ1) is 11.6. The molecular weight excluding hydrogens is 343 g/mol. The number of rotatable bonds is 8. The zero-order valence-electron chi connectivity index (χ0n) is 13.4. The molecule has 0 aliphatic heterocycles. The summed E-state index contributed by atoms with van der Waals surface area (Å²) in [6, 6.07) is 2.69. The molecule has 0 saturated heterocycles. The van der Waals surface area contributed by atoms with Gasteiger partial charge in [-0.25, -0.2) is 4.79 Å². The maximum absolute atomic E-state index is 12.5. The van der Waals surface area contributed by atoms with Gasteiger partial charge in [0.1, 0.15) is 6.04 Å². The van der Waals surface area contributed by atoms with Crippen LogP contribution in [0.3, 0.4) is 0 Å². The van der Waals surface area contributed by atoms with Crippen LogP contribution in [0.25, 0.3) is 0 Å². The molecule has 9 heteroatoms. The molecule has 0 aliphatic rings. The maximum Gasteiger partial charge on any atom is 0.416 e. The second-order valence-corrected chi connectivity index (χ2v) is 5.16. The molecule has 1 atom stereocenters. The Balaban J connectivity index is 2.64. The fourth-order valence-electron chi connectivity index (χ4n) is 1.98. The van der Waals surface area contributed by atoms with Crippen LogP contribution in [0, 0.1) is 0 Å². The van der Waals surface area contributed by atoms with Gasteiger partial charge in [-0.3, -0.25) is 9.59 Å². The molecule has 1 aromatic carbocycles. The number of carbonyl (C=O) groups excluding carboxylic acids is 2. The SMILES string of the molecule is CCOC(=O)CCC(=O)N[C@@H](Cc1ccc(C(F)(F)F)cc1)C(=O)O. The van der Waals surface area contributed by atoms with Gasteiger partial charge < -0.3 is 15.2 Å². The van der Waals surface area contributed by atoms with E-state index in [1.165, 1.54) is 0 Å². The van der Waals surface area contributed by atoms with Crippen LogP contribution in [-0.4, -0.2) is 35.6 Å². The lowest BCUT2D eigenvalue weighted by molar-refractivity contribution is -0.145. The molecule has 0 aliphatic carbocycles. The van der Waals surface area contributed by atoms with E-state index in [9.17, 15) is 27.6 Å². The molecule has 1 rings (SSSR count). The van der Waals surface area contributed by atoms with Gasteiger partial charge in [0.2, 0.25) is 5.91 Å². The van der Waals surface area contributed by atoms with Crippen molar-refractivity contribution in [3.8, 4) is 0 Å². The van der Waals surface area contributed by atoms with E-state index in [0.29, 0.717) is 5.56 Å². The van der Waals surface area contributed by atoms with E-state index in [1.54, 1.807) is 6.92 Å². The number of hydrogen-bond donors (Lipinski definition) is 2. The van der Waals surface area contributed by atoms with Gasteiger partial charge >= 0.3 is 18.1 Å². The Bertz CT molecular complexity index is 613. The fourth-order valence-corrected chi connectivity index (χ4v) is 1.98. The number of esters is 1. The zero-order valence-corrected chi connectivity index (χ0v) is 13.4. The lowest BCUT2D eigenvalue weighted by Gasteiger charge is -2.15.